The van der Waals surface area contributed by atoms with Crippen molar-refractivity contribution in [2.45, 2.75) is 4.90 Å². The summed E-state index contributed by atoms with van der Waals surface area (Å²) in [5, 5.41) is 0. The van der Waals surface area contributed by atoms with Crippen molar-refractivity contribution < 1.29 is 8.42 Å². The Bertz CT molecular complexity index is 676. The van der Waals surface area contributed by atoms with Gasteiger partial charge in [-0.3, -0.25) is 0 Å². The Kier molecular flexibility index (Phi) is 3.83. The van der Waals surface area contributed by atoms with E-state index in [4.69, 9.17) is 0 Å². The second-order valence-electron chi connectivity index (χ2n) is 4.61. The highest BCUT2D eigenvalue weighted by Gasteiger charge is 2.27. The van der Waals surface area contributed by atoms with Crippen molar-refractivity contribution in [3.05, 3.63) is 54.6 Å². The van der Waals surface area contributed by atoms with Gasteiger partial charge in [0.25, 0.3) is 0 Å². The molecule has 3 rings (SSSR count). The molecule has 0 unspecified atom stereocenters. The van der Waals surface area contributed by atoms with Gasteiger partial charge in [-0.05, 0) is 23.3 Å². The summed E-state index contributed by atoms with van der Waals surface area (Å²) in [6.07, 6.45) is 0. The Balaban J connectivity index is 1.90. The van der Waals surface area contributed by atoms with Gasteiger partial charge in [-0.25, -0.2) is 8.42 Å². The van der Waals surface area contributed by atoms with Gasteiger partial charge in [-0.1, -0.05) is 42.5 Å². The Morgan fingerprint density at radius 3 is 2.15 bits per heavy atom. The van der Waals surface area contributed by atoms with E-state index < -0.39 is 10.0 Å². The van der Waals surface area contributed by atoms with Crippen LogP contribution < -0.4 is 0 Å². The van der Waals surface area contributed by atoms with E-state index >= 15 is 0 Å². The van der Waals surface area contributed by atoms with Crippen LogP contribution in [-0.2, 0) is 10.0 Å². The minimum absolute atomic E-state index is 0.375. The third-order valence-electron chi connectivity index (χ3n) is 3.32. The average Bonchev–Trinajstić information content (AvgIpc) is 3.03. The van der Waals surface area contributed by atoms with Crippen LogP contribution in [0.4, 0.5) is 0 Å². The minimum atomic E-state index is -3.33. The molecule has 0 N–H and O–H groups in total. The third kappa shape index (κ3) is 2.61. The number of hydrogen-bond acceptors (Lipinski definition) is 3. The van der Waals surface area contributed by atoms with Crippen molar-refractivity contribution >= 4 is 21.8 Å². The molecule has 1 aliphatic rings. The van der Waals surface area contributed by atoms with Crippen LogP contribution in [0.3, 0.4) is 0 Å². The highest BCUT2D eigenvalue weighted by molar-refractivity contribution is 8.00. The van der Waals surface area contributed by atoms with Gasteiger partial charge in [-0.2, -0.15) is 4.31 Å². The van der Waals surface area contributed by atoms with Crippen LogP contribution in [0.2, 0.25) is 0 Å². The van der Waals surface area contributed by atoms with E-state index in [9.17, 15) is 8.42 Å². The van der Waals surface area contributed by atoms with Crippen LogP contribution in [0.15, 0.2) is 59.5 Å². The van der Waals surface area contributed by atoms with Gasteiger partial charge in [0.05, 0.1) is 10.8 Å². The number of benzene rings is 2. The molecular weight excluding hydrogens is 290 g/mol. The van der Waals surface area contributed by atoms with E-state index in [2.05, 4.69) is 0 Å². The van der Waals surface area contributed by atoms with Crippen LogP contribution in [-0.4, -0.2) is 30.9 Å². The smallest absolute Gasteiger partial charge is 0.207 e. The molecule has 5 heteroatoms. The number of hydrogen-bond donors (Lipinski definition) is 0. The molecule has 0 aromatic heterocycles. The van der Waals surface area contributed by atoms with Gasteiger partial charge in [0.1, 0.15) is 0 Å². The first-order valence-electron chi connectivity index (χ1n) is 6.41. The van der Waals surface area contributed by atoms with Crippen molar-refractivity contribution in [2.24, 2.45) is 0 Å². The lowest BCUT2D eigenvalue weighted by atomic mass is 10.1. The zero-order valence-electron chi connectivity index (χ0n) is 10.9. The van der Waals surface area contributed by atoms with E-state index in [1.165, 1.54) is 4.31 Å². The maximum absolute atomic E-state index is 12.4. The van der Waals surface area contributed by atoms with Crippen molar-refractivity contribution in [3.63, 3.8) is 0 Å². The molecule has 0 radical (unpaired) electrons. The van der Waals surface area contributed by atoms with Gasteiger partial charge in [0.15, 0.2) is 0 Å². The molecule has 1 fully saturated rings. The predicted molar refractivity (Wildman–Crippen MR) is 83.1 cm³/mol. The second-order valence-corrected chi connectivity index (χ2v) is 7.62. The first kappa shape index (κ1) is 13.7. The first-order valence-corrected chi connectivity index (χ1v) is 9.01. The summed E-state index contributed by atoms with van der Waals surface area (Å²) in [6, 6.07) is 17.1. The summed E-state index contributed by atoms with van der Waals surface area (Å²) in [6.45, 7) is 0.605. The SMILES string of the molecule is O=S(=O)(c1ccc(-c2ccccc2)cc1)N1CCSC1. The molecule has 3 nitrogen and oxygen atoms in total. The number of nitrogens with zero attached hydrogens (tertiary/aromatic N) is 1. The fraction of sp³-hybridized carbons (Fsp3) is 0.200. The summed E-state index contributed by atoms with van der Waals surface area (Å²) in [5.41, 5.74) is 2.12. The topological polar surface area (TPSA) is 37.4 Å². The van der Waals surface area contributed by atoms with Crippen LogP contribution in [0, 0.1) is 0 Å². The average molecular weight is 305 g/mol. The molecule has 0 saturated carbocycles. The molecule has 0 amide bonds. The van der Waals surface area contributed by atoms with Gasteiger partial charge in [-0.15, -0.1) is 11.8 Å². The zero-order valence-corrected chi connectivity index (χ0v) is 12.5. The van der Waals surface area contributed by atoms with Crippen molar-refractivity contribution in [2.75, 3.05) is 18.2 Å². The maximum atomic E-state index is 12.4. The quantitative estimate of drug-likeness (QED) is 0.874. The number of thioether (sulfide) groups is 1. The molecule has 0 bridgehead atoms. The Morgan fingerprint density at radius 1 is 0.900 bits per heavy atom. The molecule has 1 saturated heterocycles. The molecule has 0 aliphatic carbocycles. The van der Waals surface area contributed by atoms with Crippen LogP contribution in [0.25, 0.3) is 11.1 Å². The molecule has 0 spiro atoms. The fourth-order valence-corrected chi connectivity index (χ4v) is 5.00. The minimum Gasteiger partial charge on any atom is -0.207 e. The molecule has 104 valence electrons. The van der Waals surface area contributed by atoms with Gasteiger partial charge >= 0.3 is 0 Å². The predicted octanol–water partition coefficient (Wildman–Crippen LogP) is 3.05. The molecule has 20 heavy (non-hydrogen) atoms. The van der Waals surface area contributed by atoms with Crippen molar-refractivity contribution in [3.8, 4) is 11.1 Å². The molecule has 0 atom stereocenters. The monoisotopic (exact) mass is 305 g/mol. The lowest BCUT2D eigenvalue weighted by Crippen LogP contribution is -2.27. The third-order valence-corrected chi connectivity index (χ3v) is 6.31. The fourth-order valence-electron chi connectivity index (χ4n) is 2.19. The van der Waals surface area contributed by atoms with E-state index in [0.29, 0.717) is 17.3 Å². The molecular formula is C15H15NO2S2. The zero-order chi connectivity index (χ0) is 14.0. The number of sulfonamides is 1. The van der Waals surface area contributed by atoms with E-state index in [1.54, 1.807) is 23.9 Å². The maximum Gasteiger partial charge on any atom is 0.243 e. The highest BCUT2D eigenvalue weighted by Crippen LogP contribution is 2.25. The molecule has 2 aromatic rings. The number of rotatable bonds is 3. The van der Waals surface area contributed by atoms with Gasteiger partial charge < -0.3 is 0 Å². The molecule has 1 heterocycles. The summed E-state index contributed by atoms with van der Waals surface area (Å²) in [4.78, 5) is 0.375. The lowest BCUT2D eigenvalue weighted by molar-refractivity contribution is 0.489. The van der Waals surface area contributed by atoms with E-state index in [0.717, 1.165) is 16.9 Å². The Morgan fingerprint density at radius 2 is 1.55 bits per heavy atom. The standard InChI is InChI=1S/C15H15NO2S2/c17-20(18,16-10-11-19-12-16)15-8-6-14(7-9-15)13-4-2-1-3-5-13/h1-9H,10-12H2. The van der Waals surface area contributed by atoms with Crippen LogP contribution in [0.1, 0.15) is 0 Å². The van der Waals surface area contributed by atoms with E-state index in [1.807, 2.05) is 42.5 Å². The Hall–Kier alpha value is -1.30. The van der Waals surface area contributed by atoms with Gasteiger partial charge in [0.2, 0.25) is 10.0 Å². The van der Waals surface area contributed by atoms with Gasteiger partial charge in [0, 0.05) is 12.3 Å². The highest BCUT2D eigenvalue weighted by atomic mass is 32.2. The van der Waals surface area contributed by atoms with E-state index in [-0.39, 0.29) is 0 Å². The second kappa shape index (κ2) is 5.60. The summed E-state index contributed by atoms with van der Waals surface area (Å²) in [7, 11) is -3.33. The van der Waals surface area contributed by atoms with Crippen LogP contribution in [0.5, 0.6) is 0 Å². The first-order chi connectivity index (χ1) is 9.68. The molecule has 1 aliphatic heterocycles. The van der Waals surface area contributed by atoms with Crippen molar-refractivity contribution in [1.29, 1.82) is 0 Å². The summed E-state index contributed by atoms with van der Waals surface area (Å²) >= 11 is 1.65. The lowest BCUT2D eigenvalue weighted by Gasteiger charge is -2.14. The Labute approximate surface area is 123 Å². The van der Waals surface area contributed by atoms with Crippen molar-refractivity contribution in [1.82, 2.24) is 4.31 Å². The van der Waals surface area contributed by atoms with Crippen LogP contribution >= 0.6 is 11.8 Å². The summed E-state index contributed by atoms with van der Waals surface area (Å²) in [5.74, 6) is 1.43. The molecule has 2 aromatic carbocycles. The summed E-state index contributed by atoms with van der Waals surface area (Å²) < 4.78 is 26.3. The normalized spacial score (nSPS) is 16.4. The largest absolute Gasteiger partial charge is 0.243 e.